The molecule has 0 fully saturated rings. The van der Waals surface area contributed by atoms with Crippen molar-refractivity contribution in [2.75, 3.05) is 6.61 Å². The van der Waals surface area contributed by atoms with E-state index in [1.54, 1.807) is 6.92 Å². The number of aryl methyl sites for hydroxylation is 1. The van der Waals surface area contributed by atoms with Crippen molar-refractivity contribution < 1.29 is 14.3 Å². The summed E-state index contributed by atoms with van der Waals surface area (Å²) in [4.78, 5) is 12.3. The maximum Gasteiger partial charge on any atom is 0.261 e. The zero-order valence-corrected chi connectivity index (χ0v) is 14.8. The molecule has 4 heteroatoms. The normalized spacial score (nSPS) is 11.7. The summed E-state index contributed by atoms with van der Waals surface area (Å²) in [5, 5.41) is 2.91. The molecule has 0 heterocycles. The molecular formula is C20H25NO3. The Bertz CT molecular complexity index is 697. The third-order valence-corrected chi connectivity index (χ3v) is 3.95. The van der Waals surface area contributed by atoms with E-state index < -0.39 is 6.10 Å². The number of para-hydroxylation sites is 1. The Labute approximate surface area is 143 Å². The molecule has 0 aromatic heterocycles. The van der Waals surface area contributed by atoms with E-state index in [9.17, 15) is 4.79 Å². The van der Waals surface area contributed by atoms with Crippen LogP contribution in [0, 0.1) is 13.8 Å². The van der Waals surface area contributed by atoms with Gasteiger partial charge in [0, 0.05) is 12.1 Å². The van der Waals surface area contributed by atoms with Gasteiger partial charge in [0.2, 0.25) is 0 Å². The summed E-state index contributed by atoms with van der Waals surface area (Å²) in [5.41, 5.74) is 3.15. The van der Waals surface area contributed by atoms with Gasteiger partial charge in [0.05, 0.1) is 6.61 Å². The van der Waals surface area contributed by atoms with E-state index >= 15 is 0 Å². The maximum atomic E-state index is 12.3. The summed E-state index contributed by atoms with van der Waals surface area (Å²) < 4.78 is 11.4. The number of benzene rings is 2. The van der Waals surface area contributed by atoms with Crippen LogP contribution in [0.2, 0.25) is 0 Å². The van der Waals surface area contributed by atoms with Crippen molar-refractivity contribution in [3.63, 3.8) is 0 Å². The molecule has 0 saturated carbocycles. The SMILES string of the molecule is CCOc1ccccc1CNC(=O)[C@@H](C)Oc1cccc(C)c1C. The van der Waals surface area contributed by atoms with Crippen molar-refractivity contribution in [2.24, 2.45) is 0 Å². The van der Waals surface area contributed by atoms with Crippen LogP contribution in [0.3, 0.4) is 0 Å². The van der Waals surface area contributed by atoms with Crippen LogP contribution < -0.4 is 14.8 Å². The first kappa shape index (κ1) is 17.9. The summed E-state index contributed by atoms with van der Waals surface area (Å²) in [6, 6.07) is 13.5. The zero-order chi connectivity index (χ0) is 17.5. The van der Waals surface area contributed by atoms with Crippen molar-refractivity contribution in [3.8, 4) is 11.5 Å². The topological polar surface area (TPSA) is 47.6 Å². The van der Waals surface area contributed by atoms with Gasteiger partial charge >= 0.3 is 0 Å². The van der Waals surface area contributed by atoms with Gasteiger partial charge in [-0.25, -0.2) is 0 Å². The lowest BCUT2D eigenvalue weighted by atomic mass is 10.1. The van der Waals surface area contributed by atoms with Gasteiger partial charge in [0.15, 0.2) is 6.10 Å². The first-order chi connectivity index (χ1) is 11.5. The quantitative estimate of drug-likeness (QED) is 0.842. The van der Waals surface area contributed by atoms with Crippen molar-refractivity contribution in [1.82, 2.24) is 5.32 Å². The van der Waals surface area contributed by atoms with E-state index in [0.29, 0.717) is 13.2 Å². The fourth-order valence-electron chi connectivity index (χ4n) is 2.37. The van der Waals surface area contributed by atoms with Crippen molar-refractivity contribution in [1.29, 1.82) is 0 Å². The molecule has 1 N–H and O–H groups in total. The molecule has 0 bridgehead atoms. The Balaban J connectivity index is 1.96. The third kappa shape index (κ3) is 4.51. The number of amides is 1. The number of carbonyl (C=O) groups is 1. The predicted octanol–water partition coefficient (Wildman–Crippen LogP) is 3.79. The smallest absolute Gasteiger partial charge is 0.261 e. The van der Waals surface area contributed by atoms with Crippen LogP contribution in [-0.4, -0.2) is 18.6 Å². The highest BCUT2D eigenvalue weighted by Crippen LogP contribution is 2.22. The molecule has 0 radical (unpaired) electrons. The van der Waals surface area contributed by atoms with Crippen molar-refractivity contribution >= 4 is 5.91 Å². The van der Waals surface area contributed by atoms with E-state index in [1.165, 1.54) is 0 Å². The molecule has 0 aliphatic rings. The highest BCUT2D eigenvalue weighted by Gasteiger charge is 2.16. The van der Waals surface area contributed by atoms with Crippen molar-refractivity contribution in [3.05, 3.63) is 59.2 Å². The molecule has 0 aliphatic heterocycles. The monoisotopic (exact) mass is 327 g/mol. The first-order valence-corrected chi connectivity index (χ1v) is 8.24. The summed E-state index contributed by atoms with van der Waals surface area (Å²) in [6.07, 6.45) is -0.565. The van der Waals surface area contributed by atoms with E-state index in [2.05, 4.69) is 5.32 Å². The number of hydrogen-bond donors (Lipinski definition) is 1. The molecule has 2 aromatic carbocycles. The average molecular weight is 327 g/mol. The number of hydrogen-bond acceptors (Lipinski definition) is 3. The van der Waals surface area contributed by atoms with Gasteiger partial charge < -0.3 is 14.8 Å². The van der Waals surface area contributed by atoms with Gasteiger partial charge in [-0.05, 0) is 51.0 Å². The average Bonchev–Trinajstić information content (AvgIpc) is 2.58. The van der Waals surface area contributed by atoms with Crippen molar-refractivity contribution in [2.45, 2.75) is 40.3 Å². The lowest BCUT2D eigenvalue weighted by Crippen LogP contribution is -2.36. The fourth-order valence-corrected chi connectivity index (χ4v) is 2.37. The molecule has 128 valence electrons. The van der Waals surface area contributed by atoms with Crippen LogP contribution in [-0.2, 0) is 11.3 Å². The van der Waals surface area contributed by atoms with Gasteiger partial charge in [0.1, 0.15) is 11.5 Å². The fraction of sp³-hybridized carbons (Fsp3) is 0.350. The van der Waals surface area contributed by atoms with Crippen LogP contribution >= 0.6 is 0 Å². The number of nitrogens with one attached hydrogen (secondary N) is 1. The molecule has 4 nitrogen and oxygen atoms in total. The van der Waals surface area contributed by atoms with Crippen LogP contribution in [0.25, 0.3) is 0 Å². The van der Waals surface area contributed by atoms with Gasteiger partial charge in [0.25, 0.3) is 5.91 Å². The minimum Gasteiger partial charge on any atom is -0.494 e. The van der Waals surface area contributed by atoms with E-state index in [-0.39, 0.29) is 5.91 Å². The van der Waals surface area contributed by atoms with Gasteiger partial charge in [-0.2, -0.15) is 0 Å². The molecule has 1 amide bonds. The number of rotatable bonds is 7. The third-order valence-electron chi connectivity index (χ3n) is 3.95. The minimum atomic E-state index is -0.565. The second kappa shape index (κ2) is 8.39. The Morgan fingerprint density at radius 1 is 1.08 bits per heavy atom. The summed E-state index contributed by atoms with van der Waals surface area (Å²) in [5.74, 6) is 1.39. The molecule has 0 unspecified atom stereocenters. The van der Waals surface area contributed by atoms with Crippen LogP contribution in [0.15, 0.2) is 42.5 Å². The van der Waals surface area contributed by atoms with Gasteiger partial charge in [-0.1, -0.05) is 30.3 Å². The molecule has 1 atom stereocenters. The summed E-state index contributed by atoms with van der Waals surface area (Å²) >= 11 is 0. The predicted molar refractivity (Wildman–Crippen MR) is 95.5 cm³/mol. The van der Waals surface area contributed by atoms with E-state index in [0.717, 1.165) is 28.2 Å². The lowest BCUT2D eigenvalue weighted by molar-refractivity contribution is -0.127. The zero-order valence-electron chi connectivity index (χ0n) is 14.8. The molecule has 24 heavy (non-hydrogen) atoms. The van der Waals surface area contributed by atoms with Gasteiger partial charge in [-0.3, -0.25) is 4.79 Å². The molecule has 2 aromatic rings. The first-order valence-electron chi connectivity index (χ1n) is 8.24. The van der Waals surface area contributed by atoms with Crippen LogP contribution in [0.1, 0.15) is 30.5 Å². The molecule has 0 aliphatic carbocycles. The molecule has 2 rings (SSSR count). The highest BCUT2D eigenvalue weighted by atomic mass is 16.5. The van der Waals surface area contributed by atoms with Crippen LogP contribution in [0.5, 0.6) is 11.5 Å². The largest absolute Gasteiger partial charge is 0.494 e. The molecule has 0 saturated heterocycles. The van der Waals surface area contributed by atoms with Crippen LogP contribution in [0.4, 0.5) is 0 Å². The standard InChI is InChI=1S/C20H25NO3/c1-5-23-19-11-7-6-10-17(19)13-21-20(22)16(4)24-18-12-8-9-14(2)15(18)3/h6-12,16H,5,13H2,1-4H3,(H,21,22)/t16-/m1/s1. The second-order valence-corrected chi connectivity index (χ2v) is 5.72. The maximum absolute atomic E-state index is 12.3. The Morgan fingerprint density at radius 3 is 2.54 bits per heavy atom. The van der Waals surface area contributed by atoms with E-state index in [4.69, 9.17) is 9.47 Å². The Kier molecular flexibility index (Phi) is 6.24. The highest BCUT2D eigenvalue weighted by molar-refractivity contribution is 5.80. The molecule has 0 spiro atoms. The number of ether oxygens (including phenoxy) is 2. The van der Waals surface area contributed by atoms with E-state index in [1.807, 2.05) is 63.2 Å². The Hall–Kier alpha value is -2.49. The minimum absolute atomic E-state index is 0.151. The van der Waals surface area contributed by atoms with Gasteiger partial charge in [-0.15, -0.1) is 0 Å². The lowest BCUT2D eigenvalue weighted by Gasteiger charge is -2.17. The Morgan fingerprint density at radius 2 is 1.79 bits per heavy atom. The molecular weight excluding hydrogens is 302 g/mol. The summed E-state index contributed by atoms with van der Waals surface area (Å²) in [6.45, 7) is 8.72. The number of carbonyl (C=O) groups excluding carboxylic acids is 1. The second-order valence-electron chi connectivity index (χ2n) is 5.72. The summed E-state index contributed by atoms with van der Waals surface area (Å²) in [7, 11) is 0.